The number of fused-ring (bicyclic) bond motifs is 5. The second kappa shape index (κ2) is 11.9. The third-order valence-corrected chi connectivity index (χ3v) is 10.5. The van der Waals surface area contributed by atoms with Gasteiger partial charge in [0.15, 0.2) is 5.82 Å². The van der Waals surface area contributed by atoms with Crippen LogP contribution >= 0.6 is 0 Å². The summed E-state index contributed by atoms with van der Waals surface area (Å²) >= 11 is 0. The highest BCUT2D eigenvalue weighted by Crippen LogP contribution is 2.57. The van der Waals surface area contributed by atoms with Crippen molar-refractivity contribution in [3.8, 4) is 67.3 Å². The summed E-state index contributed by atoms with van der Waals surface area (Å²) in [5, 5.41) is 0. The zero-order valence-corrected chi connectivity index (χ0v) is 26.9. The molecule has 1 spiro atoms. The lowest BCUT2D eigenvalue weighted by Crippen LogP contribution is -2.27. The Kier molecular flexibility index (Phi) is 7.08. The first-order valence-electron chi connectivity index (χ1n) is 17.2. The molecule has 0 radical (unpaired) electrons. The molecular formula is C46H36N2. The topological polar surface area (TPSA) is 25.8 Å². The van der Waals surface area contributed by atoms with E-state index in [4.69, 9.17) is 9.97 Å². The molecule has 48 heavy (non-hydrogen) atoms. The fourth-order valence-corrected chi connectivity index (χ4v) is 8.21. The third-order valence-electron chi connectivity index (χ3n) is 10.5. The largest absolute Gasteiger partial charge is 0.228 e. The number of aromatic nitrogens is 2. The summed E-state index contributed by atoms with van der Waals surface area (Å²) < 4.78 is 0. The first-order valence-corrected chi connectivity index (χ1v) is 17.2. The molecular weight excluding hydrogens is 581 g/mol. The Morgan fingerprint density at radius 1 is 0.375 bits per heavy atom. The molecule has 2 aliphatic rings. The smallest absolute Gasteiger partial charge is 0.160 e. The Balaban J connectivity index is 1.09. The minimum Gasteiger partial charge on any atom is -0.228 e. The summed E-state index contributed by atoms with van der Waals surface area (Å²) in [5.74, 6) is 0.732. The average Bonchev–Trinajstić information content (AvgIpc) is 3.44. The van der Waals surface area contributed by atoms with E-state index in [1.165, 1.54) is 76.6 Å². The maximum absolute atomic E-state index is 5.03. The second-order valence-electron chi connectivity index (χ2n) is 13.3. The van der Waals surface area contributed by atoms with Gasteiger partial charge in [-0.1, -0.05) is 165 Å². The van der Waals surface area contributed by atoms with E-state index in [1.54, 1.807) is 0 Å². The minimum absolute atomic E-state index is 0.162. The lowest BCUT2D eigenvalue weighted by Gasteiger charge is -2.36. The molecule has 0 bridgehead atoms. The van der Waals surface area contributed by atoms with Crippen molar-refractivity contribution < 1.29 is 0 Å². The van der Waals surface area contributed by atoms with E-state index in [2.05, 4.69) is 133 Å². The molecule has 9 rings (SSSR count). The number of nitrogens with zero attached hydrogens (tertiary/aromatic N) is 2. The van der Waals surface area contributed by atoms with Gasteiger partial charge in [-0.3, -0.25) is 0 Å². The fraction of sp³-hybridized carbons (Fsp3) is 0.130. The molecule has 2 nitrogen and oxygen atoms in total. The quantitative estimate of drug-likeness (QED) is 0.192. The highest BCUT2D eigenvalue weighted by molar-refractivity contribution is 5.93. The van der Waals surface area contributed by atoms with Gasteiger partial charge < -0.3 is 0 Å². The zero-order valence-electron chi connectivity index (χ0n) is 26.9. The maximum Gasteiger partial charge on any atom is 0.160 e. The van der Waals surface area contributed by atoms with Crippen LogP contribution in [0.4, 0.5) is 0 Å². The van der Waals surface area contributed by atoms with Crippen LogP contribution in [-0.2, 0) is 5.41 Å². The molecule has 1 saturated carbocycles. The van der Waals surface area contributed by atoms with E-state index in [0.29, 0.717) is 0 Å². The first-order chi connectivity index (χ1) is 23.8. The van der Waals surface area contributed by atoms with Crippen LogP contribution in [0.25, 0.3) is 67.3 Å². The molecule has 0 saturated heterocycles. The van der Waals surface area contributed by atoms with Crippen LogP contribution in [0.5, 0.6) is 0 Å². The van der Waals surface area contributed by atoms with Crippen molar-refractivity contribution in [2.75, 3.05) is 0 Å². The highest BCUT2D eigenvalue weighted by atomic mass is 14.9. The van der Waals surface area contributed by atoms with Crippen molar-refractivity contribution in [1.29, 1.82) is 0 Å². The van der Waals surface area contributed by atoms with Crippen LogP contribution in [0, 0.1) is 0 Å². The van der Waals surface area contributed by atoms with Gasteiger partial charge in [0.2, 0.25) is 0 Å². The van der Waals surface area contributed by atoms with E-state index in [9.17, 15) is 0 Å². The molecule has 7 aromatic rings. The van der Waals surface area contributed by atoms with Gasteiger partial charge >= 0.3 is 0 Å². The summed E-state index contributed by atoms with van der Waals surface area (Å²) in [6.45, 7) is 0. The predicted molar refractivity (Wildman–Crippen MR) is 199 cm³/mol. The molecule has 2 aliphatic carbocycles. The molecule has 1 aromatic heterocycles. The van der Waals surface area contributed by atoms with Crippen LogP contribution < -0.4 is 0 Å². The van der Waals surface area contributed by atoms with Gasteiger partial charge in [0.1, 0.15) is 0 Å². The van der Waals surface area contributed by atoms with Gasteiger partial charge in [-0.05, 0) is 69.5 Å². The van der Waals surface area contributed by atoms with Gasteiger partial charge in [-0.15, -0.1) is 0 Å². The van der Waals surface area contributed by atoms with Crippen molar-refractivity contribution in [1.82, 2.24) is 9.97 Å². The lowest BCUT2D eigenvalue weighted by atomic mass is 9.68. The normalized spacial score (nSPS) is 14.4. The summed E-state index contributed by atoms with van der Waals surface area (Å²) in [6.07, 6.45) is 6.45. The van der Waals surface area contributed by atoms with Crippen molar-refractivity contribution in [2.24, 2.45) is 0 Å². The maximum atomic E-state index is 5.03. The number of hydrogen-bond acceptors (Lipinski definition) is 2. The van der Waals surface area contributed by atoms with Crippen LogP contribution in [0.3, 0.4) is 0 Å². The zero-order chi connectivity index (χ0) is 31.9. The van der Waals surface area contributed by atoms with Gasteiger partial charge in [0.25, 0.3) is 0 Å². The molecule has 0 amide bonds. The van der Waals surface area contributed by atoms with Crippen LogP contribution in [-0.4, -0.2) is 9.97 Å². The van der Waals surface area contributed by atoms with E-state index in [1.807, 2.05) is 24.3 Å². The minimum atomic E-state index is 0.162. The molecule has 6 aromatic carbocycles. The van der Waals surface area contributed by atoms with Gasteiger partial charge in [-0.2, -0.15) is 0 Å². The van der Waals surface area contributed by atoms with Gasteiger partial charge in [-0.25, -0.2) is 9.97 Å². The van der Waals surface area contributed by atoms with Crippen molar-refractivity contribution in [3.05, 3.63) is 169 Å². The Morgan fingerprint density at radius 2 is 0.917 bits per heavy atom. The molecule has 230 valence electrons. The fourth-order valence-electron chi connectivity index (χ4n) is 8.21. The lowest BCUT2D eigenvalue weighted by molar-refractivity contribution is 0.353. The van der Waals surface area contributed by atoms with E-state index in [0.717, 1.165) is 33.9 Å². The standard InChI is InChI=1S/C46H36N2/c1-4-14-33(15-5-1)42-31-43(48-45(47-42)35-16-6-2-7-17-35)34-26-24-32(25-27-34)36-18-12-19-37(30-36)38-21-13-23-41-44(38)39-20-8-9-22-40(39)46(41)28-10-3-11-29-46/h1-2,4-9,12-27,30-31H,3,10-11,28-29H2. The average molecular weight is 617 g/mol. The van der Waals surface area contributed by atoms with Crippen molar-refractivity contribution in [2.45, 2.75) is 37.5 Å². The number of benzene rings is 6. The Morgan fingerprint density at radius 3 is 1.67 bits per heavy atom. The third kappa shape index (κ3) is 4.88. The predicted octanol–water partition coefficient (Wildman–Crippen LogP) is 12.0. The van der Waals surface area contributed by atoms with Crippen LogP contribution in [0.2, 0.25) is 0 Å². The molecule has 1 heterocycles. The Bertz CT molecular complexity index is 2190. The van der Waals surface area contributed by atoms with E-state index in [-0.39, 0.29) is 5.41 Å². The van der Waals surface area contributed by atoms with Crippen LogP contribution in [0.1, 0.15) is 43.2 Å². The van der Waals surface area contributed by atoms with Crippen molar-refractivity contribution >= 4 is 0 Å². The van der Waals surface area contributed by atoms with Crippen molar-refractivity contribution in [3.63, 3.8) is 0 Å². The number of rotatable bonds is 5. The monoisotopic (exact) mass is 616 g/mol. The molecule has 0 unspecified atom stereocenters. The molecule has 2 heteroatoms. The molecule has 1 fully saturated rings. The molecule has 0 N–H and O–H groups in total. The number of hydrogen-bond donors (Lipinski definition) is 0. The van der Waals surface area contributed by atoms with E-state index >= 15 is 0 Å². The summed E-state index contributed by atoms with van der Waals surface area (Å²) in [7, 11) is 0. The van der Waals surface area contributed by atoms with Gasteiger partial charge in [0, 0.05) is 22.1 Å². The van der Waals surface area contributed by atoms with Crippen LogP contribution in [0.15, 0.2) is 158 Å². The molecule has 0 aliphatic heterocycles. The second-order valence-corrected chi connectivity index (χ2v) is 13.3. The Labute approximate surface area is 282 Å². The van der Waals surface area contributed by atoms with E-state index < -0.39 is 0 Å². The van der Waals surface area contributed by atoms with Gasteiger partial charge in [0.05, 0.1) is 11.4 Å². The SMILES string of the molecule is c1ccc(-c2cc(-c3ccc(-c4cccc(-c5cccc6c5-c5ccccc5C65CCCCC5)c4)cc3)nc(-c3ccccc3)n2)cc1. The first kappa shape index (κ1) is 28.6. The molecule has 0 atom stereocenters. The highest BCUT2D eigenvalue weighted by Gasteiger charge is 2.44. The summed E-state index contributed by atoms with van der Waals surface area (Å²) in [6, 6.07) is 56.8. The summed E-state index contributed by atoms with van der Waals surface area (Å²) in [5.41, 5.74) is 16.1. The Hall–Kier alpha value is -5.60. The summed E-state index contributed by atoms with van der Waals surface area (Å²) in [4.78, 5) is 9.99.